The molecule has 36 heavy (non-hydrogen) atoms. The molecule has 2 aromatic rings. The molecule has 0 spiro atoms. The molecule has 1 fully saturated rings. The summed E-state index contributed by atoms with van der Waals surface area (Å²) in [6, 6.07) is 5.03. The number of carboxylic acids is 1. The van der Waals surface area contributed by atoms with Crippen LogP contribution in [0, 0.1) is 12.8 Å². The summed E-state index contributed by atoms with van der Waals surface area (Å²) in [7, 11) is 1.65. The quantitative estimate of drug-likeness (QED) is 0.492. The van der Waals surface area contributed by atoms with Crippen molar-refractivity contribution in [3.8, 4) is 0 Å². The Morgan fingerprint density at radius 3 is 2.44 bits per heavy atom. The lowest BCUT2D eigenvalue weighted by Gasteiger charge is -2.32. The van der Waals surface area contributed by atoms with Gasteiger partial charge in [0.15, 0.2) is 0 Å². The molecule has 2 heterocycles. The third-order valence-corrected chi connectivity index (χ3v) is 7.73. The van der Waals surface area contributed by atoms with Gasteiger partial charge in [0, 0.05) is 31.6 Å². The summed E-state index contributed by atoms with van der Waals surface area (Å²) in [5.74, 6) is -1.06. The number of carbonyl (C=O) groups is 2. The summed E-state index contributed by atoms with van der Waals surface area (Å²) in [6.07, 6.45) is -2.90. The highest BCUT2D eigenvalue weighted by Crippen LogP contribution is 2.43. The van der Waals surface area contributed by atoms with Crippen LogP contribution in [0.25, 0.3) is 0 Å². The van der Waals surface area contributed by atoms with Crippen molar-refractivity contribution in [3.63, 3.8) is 0 Å². The average Bonchev–Trinajstić information content (AvgIpc) is 3.11. The number of nitrogens with zero attached hydrogens (tertiary/aromatic N) is 2. The van der Waals surface area contributed by atoms with E-state index in [-0.39, 0.29) is 35.7 Å². The Morgan fingerprint density at radius 2 is 1.83 bits per heavy atom. The second-order valence-corrected chi connectivity index (χ2v) is 10.2. The lowest BCUT2D eigenvalue weighted by atomic mass is 9.92. The van der Waals surface area contributed by atoms with Crippen LogP contribution in [0.2, 0.25) is 10.0 Å². The van der Waals surface area contributed by atoms with Gasteiger partial charge in [0.1, 0.15) is 0 Å². The Morgan fingerprint density at radius 1 is 1.17 bits per heavy atom. The van der Waals surface area contributed by atoms with Crippen LogP contribution < -0.4 is 10.4 Å². The minimum atomic E-state index is -4.46. The molecule has 11 heteroatoms. The molecule has 194 valence electrons. The van der Waals surface area contributed by atoms with Crippen molar-refractivity contribution in [2.45, 2.75) is 44.8 Å². The molecular weight excluding hydrogens is 518 g/mol. The first-order valence-corrected chi connectivity index (χ1v) is 12.3. The fourth-order valence-electron chi connectivity index (χ4n) is 5.10. The maximum atomic E-state index is 13.3. The highest BCUT2D eigenvalue weighted by Gasteiger charge is 2.36. The van der Waals surface area contributed by atoms with E-state index in [4.69, 9.17) is 28.3 Å². The van der Waals surface area contributed by atoms with Gasteiger partial charge >= 0.3 is 12.1 Å². The number of likely N-dealkylation sites (tertiary alicyclic amines) is 1. The molecule has 0 radical (unpaired) electrons. The van der Waals surface area contributed by atoms with E-state index < -0.39 is 17.7 Å². The van der Waals surface area contributed by atoms with Crippen molar-refractivity contribution in [2.24, 2.45) is 5.92 Å². The van der Waals surface area contributed by atoms with Gasteiger partial charge in [-0.1, -0.05) is 23.2 Å². The fraction of sp³-hybridized carbons (Fsp3) is 0.440. The number of fused-ring (bicyclic) bond motifs is 1. The van der Waals surface area contributed by atoms with Gasteiger partial charge in [-0.15, -0.1) is 0 Å². The van der Waals surface area contributed by atoms with Crippen LogP contribution in [-0.2, 0) is 17.4 Å². The molecule has 2 aromatic carbocycles. The van der Waals surface area contributed by atoms with E-state index in [0.717, 1.165) is 17.7 Å². The molecule has 1 saturated heterocycles. The van der Waals surface area contributed by atoms with Crippen molar-refractivity contribution < 1.29 is 27.9 Å². The number of aryl methyl sites for hydroxylation is 1. The molecule has 2 aliphatic rings. The van der Waals surface area contributed by atoms with Crippen LogP contribution in [0.5, 0.6) is 0 Å². The van der Waals surface area contributed by atoms with E-state index in [9.17, 15) is 22.8 Å². The van der Waals surface area contributed by atoms with Crippen LogP contribution in [0.1, 0.15) is 57.9 Å². The number of carboxylic acid groups (broad SMARTS) is 1. The summed E-state index contributed by atoms with van der Waals surface area (Å²) in [5.41, 5.74) is 4.92. The van der Waals surface area contributed by atoms with E-state index in [1.807, 2.05) is 0 Å². The molecule has 2 aliphatic heterocycles. The fourth-order valence-corrected chi connectivity index (χ4v) is 5.71. The molecule has 0 aliphatic carbocycles. The molecule has 1 atom stereocenters. The number of rotatable bonds is 5. The highest BCUT2D eigenvalue weighted by molar-refractivity contribution is 6.38. The zero-order chi connectivity index (χ0) is 26.4. The zero-order valence-electron chi connectivity index (χ0n) is 19.8. The summed E-state index contributed by atoms with van der Waals surface area (Å²) in [5, 5.41) is 11.1. The topological polar surface area (TPSA) is 72.9 Å². The molecule has 0 aromatic heterocycles. The van der Waals surface area contributed by atoms with E-state index in [1.54, 1.807) is 36.0 Å². The van der Waals surface area contributed by atoms with Crippen LogP contribution in [0.4, 0.5) is 18.9 Å². The van der Waals surface area contributed by atoms with E-state index in [2.05, 4.69) is 5.43 Å². The number of hydrazine groups is 1. The lowest BCUT2D eigenvalue weighted by molar-refractivity contribution is -0.139. The molecule has 6 nitrogen and oxygen atoms in total. The third-order valence-electron chi connectivity index (χ3n) is 6.94. The molecule has 0 saturated carbocycles. The smallest absolute Gasteiger partial charge is 0.416 e. The Balaban J connectivity index is 1.57. The first-order valence-electron chi connectivity index (χ1n) is 11.6. The number of hydrogen-bond donors (Lipinski definition) is 2. The standard InChI is InChI=1S/C25H26Cl2F3N3O3/c1-13-9-15(25(28,29)30)11-20-22(13)19(31-32(20)2)12-17-18(26)4-3-16(23(17)27)24(36)33-7-5-14(6-8-33)10-21(34)35/h3-4,9,11,14,19,31H,5-8,10,12H2,1-2H3,(H,34,35). The predicted molar refractivity (Wildman–Crippen MR) is 132 cm³/mol. The molecule has 2 N–H and O–H groups in total. The van der Waals surface area contributed by atoms with Gasteiger partial charge in [0.2, 0.25) is 0 Å². The van der Waals surface area contributed by atoms with Gasteiger partial charge in [0.25, 0.3) is 5.91 Å². The van der Waals surface area contributed by atoms with E-state index in [1.165, 1.54) is 0 Å². The van der Waals surface area contributed by atoms with E-state index in [0.29, 0.717) is 53.3 Å². The molecule has 1 amide bonds. The van der Waals surface area contributed by atoms with Crippen molar-refractivity contribution in [1.29, 1.82) is 0 Å². The number of amides is 1. The minimum absolute atomic E-state index is 0.0365. The molecule has 0 bridgehead atoms. The minimum Gasteiger partial charge on any atom is -0.481 e. The van der Waals surface area contributed by atoms with Crippen molar-refractivity contribution in [2.75, 3.05) is 25.1 Å². The van der Waals surface area contributed by atoms with Gasteiger partial charge < -0.3 is 15.0 Å². The van der Waals surface area contributed by atoms with Crippen LogP contribution in [0.15, 0.2) is 24.3 Å². The Bertz CT molecular complexity index is 1200. The van der Waals surface area contributed by atoms with Crippen LogP contribution in [0.3, 0.4) is 0 Å². The zero-order valence-corrected chi connectivity index (χ0v) is 21.3. The summed E-state index contributed by atoms with van der Waals surface area (Å²) in [4.78, 5) is 25.9. The molecular formula is C25H26Cl2F3N3O3. The number of halogens is 5. The maximum Gasteiger partial charge on any atom is 0.416 e. The van der Waals surface area contributed by atoms with Gasteiger partial charge in [-0.2, -0.15) is 13.2 Å². The van der Waals surface area contributed by atoms with Crippen molar-refractivity contribution in [1.82, 2.24) is 10.3 Å². The first-order chi connectivity index (χ1) is 16.9. The van der Waals surface area contributed by atoms with Gasteiger partial charge in [-0.05, 0) is 73.1 Å². The first kappa shape index (κ1) is 26.6. The van der Waals surface area contributed by atoms with Gasteiger partial charge in [-0.25, -0.2) is 5.43 Å². The van der Waals surface area contributed by atoms with Crippen LogP contribution >= 0.6 is 23.2 Å². The second-order valence-electron chi connectivity index (χ2n) is 9.39. The van der Waals surface area contributed by atoms with Gasteiger partial charge in [0.05, 0.1) is 27.9 Å². The molecule has 1 unspecified atom stereocenters. The van der Waals surface area contributed by atoms with Crippen molar-refractivity contribution >= 4 is 40.8 Å². The summed E-state index contributed by atoms with van der Waals surface area (Å²) in [6.45, 7) is 2.52. The average molecular weight is 544 g/mol. The normalized spacial score (nSPS) is 18.5. The summed E-state index contributed by atoms with van der Waals surface area (Å²) >= 11 is 13.2. The number of anilines is 1. The van der Waals surface area contributed by atoms with Crippen molar-refractivity contribution in [3.05, 3.63) is 62.1 Å². The number of aliphatic carboxylic acids is 1. The maximum absolute atomic E-state index is 13.3. The van der Waals surface area contributed by atoms with E-state index >= 15 is 0 Å². The molecule has 4 rings (SSSR count). The predicted octanol–water partition coefficient (Wildman–Crippen LogP) is 5.89. The SMILES string of the molecule is Cc1cc(C(F)(F)F)cc2c1C(Cc1c(Cl)ccc(C(=O)N3CCC(CC(=O)O)CC3)c1Cl)NN2C. The number of piperidine rings is 1. The number of hydrogen-bond acceptors (Lipinski definition) is 4. The number of alkyl halides is 3. The Hall–Kier alpha value is -2.49. The summed E-state index contributed by atoms with van der Waals surface area (Å²) < 4.78 is 40.0. The number of benzene rings is 2. The Kier molecular flexibility index (Phi) is 7.46. The lowest BCUT2D eigenvalue weighted by Crippen LogP contribution is -2.39. The van der Waals surface area contributed by atoms with Gasteiger partial charge in [-0.3, -0.25) is 9.59 Å². The number of nitrogens with one attached hydrogen (secondary N) is 1. The third kappa shape index (κ3) is 5.28. The monoisotopic (exact) mass is 543 g/mol. The second kappa shape index (κ2) is 10.1. The Labute approximate surface area is 216 Å². The van der Waals surface area contributed by atoms with Crippen LogP contribution in [-0.4, -0.2) is 42.0 Å². The highest BCUT2D eigenvalue weighted by atomic mass is 35.5. The largest absolute Gasteiger partial charge is 0.481 e. The number of carbonyl (C=O) groups excluding carboxylic acids is 1.